The van der Waals surface area contributed by atoms with E-state index in [-0.39, 0.29) is 11.0 Å². The van der Waals surface area contributed by atoms with E-state index in [0.717, 1.165) is 22.4 Å². The molecule has 0 radical (unpaired) electrons. The van der Waals surface area contributed by atoms with Crippen molar-refractivity contribution in [3.05, 3.63) is 48.0 Å². The number of aromatic nitrogens is 1. The van der Waals surface area contributed by atoms with E-state index >= 15 is 0 Å². The van der Waals surface area contributed by atoms with Gasteiger partial charge < -0.3 is 15.1 Å². The molecule has 0 aliphatic rings. The summed E-state index contributed by atoms with van der Waals surface area (Å²) in [5.41, 5.74) is 4.41. The fraction of sp³-hybridized carbons (Fsp3) is 0.211. The number of nitrogens with one attached hydrogen (secondary N) is 2. The molecule has 3 rings (SSSR count). The second-order valence-corrected chi connectivity index (χ2v) is 6.53. The lowest BCUT2D eigenvalue weighted by molar-refractivity contribution is -0.117. The first-order valence-corrected chi connectivity index (χ1v) is 8.42. The molecule has 25 heavy (non-hydrogen) atoms. The summed E-state index contributed by atoms with van der Waals surface area (Å²) >= 11 is 5.08. The number of rotatable bonds is 3. The summed E-state index contributed by atoms with van der Waals surface area (Å²) in [6, 6.07) is 13.6. The maximum absolute atomic E-state index is 11.0. The lowest BCUT2D eigenvalue weighted by Crippen LogP contribution is -2.32. The van der Waals surface area contributed by atoms with Crippen molar-refractivity contribution in [3.63, 3.8) is 0 Å². The Bertz CT molecular complexity index is 947. The second kappa shape index (κ2) is 7.03. The summed E-state index contributed by atoms with van der Waals surface area (Å²) in [5.74, 6) is 0.769. The Morgan fingerprint density at radius 1 is 1.20 bits per heavy atom. The largest absolute Gasteiger partial charge is 0.436 e. The van der Waals surface area contributed by atoms with Gasteiger partial charge in [0.15, 0.2) is 10.7 Å². The summed E-state index contributed by atoms with van der Waals surface area (Å²) in [7, 11) is 0. The van der Waals surface area contributed by atoms with Crippen molar-refractivity contribution in [3.8, 4) is 11.5 Å². The van der Waals surface area contributed by atoms with Gasteiger partial charge in [-0.2, -0.15) is 0 Å². The smallest absolute Gasteiger partial charge is 0.227 e. The standard InChI is InChI=1S/C19H19N3O2S/c1-11(2)13-7-8-17-16(10-13)22-18(24-17)14-5-4-6-15(9-14)21-19(25)20-12(3)23/h4-11H,1-3H3,(H2,20,21,23,25). The van der Waals surface area contributed by atoms with E-state index in [4.69, 9.17) is 16.6 Å². The number of thiocarbonyl (C=S) groups is 1. The molecule has 1 amide bonds. The molecule has 0 saturated carbocycles. The predicted octanol–water partition coefficient (Wildman–Crippen LogP) is 4.45. The van der Waals surface area contributed by atoms with E-state index in [1.807, 2.05) is 30.3 Å². The molecule has 1 aromatic heterocycles. The van der Waals surface area contributed by atoms with Crippen LogP contribution in [0.1, 0.15) is 32.3 Å². The van der Waals surface area contributed by atoms with Crippen LogP contribution in [0.2, 0.25) is 0 Å². The van der Waals surface area contributed by atoms with Gasteiger partial charge in [-0.3, -0.25) is 4.79 Å². The molecule has 0 aliphatic heterocycles. The van der Waals surface area contributed by atoms with Gasteiger partial charge in [-0.1, -0.05) is 26.0 Å². The van der Waals surface area contributed by atoms with Crippen LogP contribution in [0.5, 0.6) is 0 Å². The molecule has 3 aromatic rings. The summed E-state index contributed by atoms with van der Waals surface area (Å²) in [6.45, 7) is 5.71. The number of carbonyl (C=O) groups is 1. The molecule has 128 valence electrons. The Balaban J connectivity index is 1.89. The Kier molecular flexibility index (Phi) is 4.81. The highest BCUT2D eigenvalue weighted by Gasteiger charge is 2.11. The number of benzene rings is 2. The lowest BCUT2D eigenvalue weighted by Gasteiger charge is -2.08. The van der Waals surface area contributed by atoms with E-state index in [1.165, 1.54) is 12.5 Å². The number of carbonyl (C=O) groups excluding carboxylic acids is 1. The topological polar surface area (TPSA) is 67.2 Å². The first-order valence-electron chi connectivity index (χ1n) is 8.02. The van der Waals surface area contributed by atoms with Crippen LogP contribution in [0.15, 0.2) is 46.9 Å². The molecule has 0 unspecified atom stereocenters. The molecular weight excluding hydrogens is 334 g/mol. The molecule has 0 aliphatic carbocycles. The maximum Gasteiger partial charge on any atom is 0.227 e. The van der Waals surface area contributed by atoms with Gasteiger partial charge in [-0.25, -0.2) is 4.98 Å². The Labute approximate surface area is 151 Å². The van der Waals surface area contributed by atoms with Gasteiger partial charge >= 0.3 is 0 Å². The van der Waals surface area contributed by atoms with E-state index < -0.39 is 0 Å². The van der Waals surface area contributed by atoms with Crippen molar-refractivity contribution in [2.24, 2.45) is 0 Å². The van der Waals surface area contributed by atoms with Crippen LogP contribution < -0.4 is 10.6 Å². The fourth-order valence-electron chi connectivity index (χ4n) is 2.48. The Morgan fingerprint density at radius 2 is 2.00 bits per heavy atom. The van der Waals surface area contributed by atoms with Crippen LogP contribution in [-0.2, 0) is 4.79 Å². The van der Waals surface area contributed by atoms with Gasteiger partial charge in [-0.05, 0) is 54.0 Å². The summed E-state index contributed by atoms with van der Waals surface area (Å²) in [6.07, 6.45) is 0. The van der Waals surface area contributed by atoms with Gasteiger partial charge in [0.25, 0.3) is 0 Å². The summed E-state index contributed by atoms with van der Waals surface area (Å²) in [5, 5.41) is 5.76. The normalized spacial score (nSPS) is 10.9. The van der Waals surface area contributed by atoms with E-state index in [9.17, 15) is 4.79 Å². The number of nitrogens with zero attached hydrogens (tertiary/aromatic N) is 1. The quantitative estimate of drug-likeness (QED) is 0.681. The van der Waals surface area contributed by atoms with Crippen LogP contribution in [0.25, 0.3) is 22.6 Å². The molecule has 2 N–H and O–H groups in total. The molecule has 6 heteroatoms. The molecule has 1 heterocycles. The van der Waals surface area contributed by atoms with Gasteiger partial charge in [-0.15, -0.1) is 0 Å². The van der Waals surface area contributed by atoms with Gasteiger partial charge in [0, 0.05) is 18.2 Å². The first kappa shape index (κ1) is 17.1. The minimum absolute atomic E-state index is 0.214. The van der Waals surface area contributed by atoms with Gasteiger partial charge in [0.05, 0.1) is 0 Å². The van der Waals surface area contributed by atoms with E-state index in [0.29, 0.717) is 11.8 Å². The zero-order chi connectivity index (χ0) is 18.0. The fourth-order valence-corrected chi connectivity index (χ4v) is 2.74. The van der Waals surface area contributed by atoms with Crippen molar-refractivity contribution >= 4 is 40.0 Å². The SMILES string of the molecule is CC(=O)NC(=S)Nc1cccc(-c2nc3cc(C(C)C)ccc3o2)c1. The first-order chi connectivity index (χ1) is 11.9. The average Bonchev–Trinajstić information content (AvgIpc) is 2.97. The zero-order valence-electron chi connectivity index (χ0n) is 14.3. The molecule has 2 aromatic carbocycles. The highest BCUT2D eigenvalue weighted by molar-refractivity contribution is 7.80. The van der Waals surface area contributed by atoms with Crippen LogP contribution in [0, 0.1) is 0 Å². The third kappa shape index (κ3) is 4.03. The monoisotopic (exact) mass is 353 g/mol. The average molecular weight is 353 g/mol. The molecule has 0 saturated heterocycles. The molecule has 0 spiro atoms. The van der Waals surface area contributed by atoms with E-state index in [2.05, 4.69) is 41.6 Å². The summed E-state index contributed by atoms with van der Waals surface area (Å²) in [4.78, 5) is 15.6. The summed E-state index contributed by atoms with van der Waals surface area (Å²) < 4.78 is 5.87. The second-order valence-electron chi connectivity index (χ2n) is 6.12. The van der Waals surface area contributed by atoms with Crippen LogP contribution >= 0.6 is 12.2 Å². The third-order valence-electron chi connectivity index (χ3n) is 3.74. The number of fused-ring (bicyclic) bond motifs is 1. The van der Waals surface area contributed by atoms with Crippen molar-refractivity contribution in [2.75, 3.05) is 5.32 Å². The molecular formula is C19H19N3O2S. The molecule has 0 atom stereocenters. The Morgan fingerprint density at radius 3 is 2.72 bits per heavy atom. The van der Waals surface area contributed by atoms with Crippen molar-refractivity contribution in [2.45, 2.75) is 26.7 Å². The van der Waals surface area contributed by atoms with Crippen molar-refractivity contribution in [1.29, 1.82) is 0 Å². The van der Waals surface area contributed by atoms with Gasteiger partial charge in [0.2, 0.25) is 11.8 Å². The number of hydrogen-bond donors (Lipinski definition) is 2. The zero-order valence-corrected chi connectivity index (χ0v) is 15.1. The minimum atomic E-state index is -0.214. The predicted molar refractivity (Wildman–Crippen MR) is 104 cm³/mol. The number of amides is 1. The number of oxazole rings is 1. The number of hydrogen-bond acceptors (Lipinski definition) is 4. The third-order valence-corrected chi connectivity index (χ3v) is 3.94. The van der Waals surface area contributed by atoms with Crippen LogP contribution in [0.3, 0.4) is 0 Å². The van der Waals surface area contributed by atoms with E-state index in [1.54, 1.807) is 0 Å². The lowest BCUT2D eigenvalue weighted by atomic mass is 10.0. The number of anilines is 1. The minimum Gasteiger partial charge on any atom is -0.436 e. The van der Waals surface area contributed by atoms with Gasteiger partial charge in [0.1, 0.15) is 5.52 Å². The maximum atomic E-state index is 11.0. The van der Waals surface area contributed by atoms with Crippen molar-refractivity contribution < 1.29 is 9.21 Å². The Hall–Kier alpha value is -2.73. The molecule has 0 bridgehead atoms. The van der Waals surface area contributed by atoms with Crippen molar-refractivity contribution in [1.82, 2.24) is 10.3 Å². The highest BCUT2D eigenvalue weighted by Crippen LogP contribution is 2.28. The molecule has 5 nitrogen and oxygen atoms in total. The van der Waals surface area contributed by atoms with Crippen LogP contribution in [0.4, 0.5) is 5.69 Å². The highest BCUT2D eigenvalue weighted by atomic mass is 32.1. The molecule has 0 fully saturated rings. The van der Waals surface area contributed by atoms with Crippen LogP contribution in [-0.4, -0.2) is 16.0 Å².